The first-order valence-corrected chi connectivity index (χ1v) is 7.76. The molecule has 0 fully saturated rings. The molecule has 140 valence electrons. The van der Waals surface area contributed by atoms with Gasteiger partial charge in [0.25, 0.3) is 5.82 Å². The third kappa shape index (κ3) is 6.02. The predicted octanol–water partition coefficient (Wildman–Crippen LogP) is 1.99. The Morgan fingerprint density at radius 1 is 1.08 bits per heavy atom. The lowest BCUT2D eigenvalue weighted by molar-refractivity contribution is 0.0429. The summed E-state index contributed by atoms with van der Waals surface area (Å²) in [7, 11) is -1.92. The molecule has 0 atom stereocenters. The SMILES string of the molecule is [C-]#[N+]c1nc(N(C(=O)OC(C)(C)C)C(=O)OC(C)(C)C)ccc1B(O)O. The molecule has 0 aliphatic rings. The maximum Gasteiger partial charge on any atom is 0.478 e. The van der Waals surface area contributed by atoms with E-state index >= 15 is 0 Å². The van der Waals surface area contributed by atoms with Gasteiger partial charge in [0.1, 0.15) is 11.2 Å². The second-order valence-electron chi connectivity index (χ2n) is 7.36. The van der Waals surface area contributed by atoms with Crippen molar-refractivity contribution in [2.24, 2.45) is 0 Å². The lowest BCUT2D eigenvalue weighted by Gasteiger charge is -2.27. The fraction of sp³-hybridized carbons (Fsp3) is 0.500. The number of anilines is 1. The minimum Gasteiger partial charge on any atom is -0.443 e. The highest BCUT2D eigenvalue weighted by molar-refractivity contribution is 6.60. The van der Waals surface area contributed by atoms with Crippen LogP contribution >= 0.6 is 0 Å². The first-order chi connectivity index (χ1) is 11.7. The van der Waals surface area contributed by atoms with Crippen LogP contribution in [0.1, 0.15) is 41.5 Å². The number of nitrogens with zero attached hydrogens (tertiary/aromatic N) is 3. The third-order valence-corrected chi connectivity index (χ3v) is 2.66. The van der Waals surface area contributed by atoms with Crippen LogP contribution < -0.4 is 10.4 Å². The zero-order chi connectivity index (χ0) is 20.3. The Bertz CT molecular complexity index is 703. The summed E-state index contributed by atoms with van der Waals surface area (Å²) in [6.45, 7) is 16.9. The van der Waals surface area contributed by atoms with Gasteiger partial charge in [0.15, 0.2) is 0 Å². The average molecular weight is 363 g/mol. The number of hydrogen-bond acceptors (Lipinski definition) is 7. The van der Waals surface area contributed by atoms with Gasteiger partial charge >= 0.3 is 19.3 Å². The monoisotopic (exact) mass is 363 g/mol. The molecule has 0 aliphatic heterocycles. The van der Waals surface area contributed by atoms with Gasteiger partial charge in [0.05, 0.1) is 0 Å². The molecule has 0 aliphatic carbocycles. The molecule has 2 amide bonds. The summed E-state index contributed by atoms with van der Waals surface area (Å²) >= 11 is 0. The van der Waals surface area contributed by atoms with Crippen molar-refractivity contribution in [3.05, 3.63) is 23.5 Å². The van der Waals surface area contributed by atoms with Gasteiger partial charge in [0.2, 0.25) is 5.82 Å². The van der Waals surface area contributed by atoms with E-state index in [0.717, 1.165) is 0 Å². The van der Waals surface area contributed by atoms with Crippen LogP contribution in [0.3, 0.4) is 0 Å². The molecule has 9 nitrogen and oxygen atoms in total. The van der Waals surface area contributed by atoms with Gasteiger partial charge < -0.3 is 24.4 Å². The van der Waals surface area contributed by atoms with E-state index < -0.39 is 30.5 Å². The van der Waals surface area contributed by atoms with Gasteiger partial charge in [-0.05, 0) is 41.5 Å². The molecule has 0 aromatic carbocycles. The van der Waals surface area contributed by atoms with Gasteiger partial charge in [-0.2, -0.15) is 0 Å². The molecule has 1 aromatic heterocycles. The first-order valence-electron chi connectivity index (χ1n) is 7.76. The van der Waals surface area contributed by atoms with E-state index in [-0.39, 0.29) is 17.1 Å². The Kier molecular flexibility index (Phi) is 6.36. The Balaban J connectivity index is 3.39. The van der Waals surface area contributed by atoms with Crippen LogP contribution in [0.25, 0.3) is 4.85 Å². The van der Waals surface area contributed by atoms with E-state index in [1.165, 1.54) is 12.1 Å². The van der Waals surface area contributed by atoms with Crippen molar-refractivity contribution in [2.75, 3.05) is 4.90 Å². The van der Waals surface area contributed by atoms with Crippen LogP contribution in [-0.2, 0) is 9.47 Å². The van der Waals surface area contributed by atoms with Crippen molar-refractivity contribution < 1.29 is 29.1 Å². The van der Waals surface area contributed by atoms with Crippen LogP contribution in [0.5, 0.6) is 0 Å². The topological polar surface area (TPSA) is 114 Å². The smallest absolute Gasteiger partial charge is 0.443 e. The average Bonchev–Trinajstić information content (AvgIpc) is 2.42. The standard InChI is InChI=1S/C16H22BN3O6/c1-15(2,3)25-13(21)20(14(22)26-16(4,5)6)11-9-8-10(17(23)24)12(18-7)19-11/h8-9,23-24H,1-6H3. The Hall–Kier alpha value is -2.64. The minimum atomic E-state index is -1.92. The fourth-order valence-electron chi connectivity index (χ4n) is 1.74. The summed E-state index contributed by atoms with van der Waals surface area (Å²) in [5.74, 6) is -0.599. The highest BCUT2D eigenvalue weighted by atomic mass is 16.6. The summed E-state index contributed by atoms with van der Waals surface area (Å²) in [6.07, 6.45) is -2.07. The number of amides is 2. The highest BCUT2D eigenvalue weighted by Gasteiger charge is 2.36. The van der Waals surface area contributed by atoms with E-state index in [0.29, 0.717) is 4.90 Å². The van der Waals surface area contributed by atoms with Crippen molar-refractivity contribution >= 4 is 36.4 Å². The van der Waals surface area contributed by atoms with Crippen molar-refractivity contribution in [2.45, 2.75) is 52.7 Å². The number of carbonyl (C=O) groups excluding carboxylic acids is 2. The van der Waals surface area contributed by atoms with Gasteiger partial charge in [-0.25, -0.2) is 9.59 Å². The molecular formula is C16H22BN3O6. The van der Waals surface area contributed by atoms with Gasteiger partial charge in [-0.3, -0.25) is 0 Å². The number of rotatable bonds is 2. The van der Waals surface area contributed by atoms with Crippen molar-refractivity contribution in [1.82, 2.24) is 4.98 Å². The Morgan fingerprint density at radius 2 is 1.54 bits per heavy atom. The summed E-state index contributed by atoms with van der Waals surface area (Å²) in [5.41, 5.74) is -1.93. The van der Waals surface area contributed by atoms with Crippen LogP contribution in [0, 0.1) is 6.57 Å². The molecule has 0 saturated carbocycles. The van der Waals surface area contributed by atoms with Crippen molar-refractivity contribution in [3.8, 4) is 0 Å². The van der Waals surface area contributed by atoms with E-state index in [1.54, 1.807) is 41.5 Å². The summed E-state index contributed by atoms with van der Waals surface area (Å²) in [5, 5.41) is 18.5. The number of carbonyl (C=O) groups is 2. The van der Waals surface area contributed by atoms with Crippen LogP contribution in [0.4, 0.5) is 21.2 Å². The third-order valence-electron chi connectivity index (χ3n) is 2.66. The second-order valence-corrected chi connectivity index (χ2v) is 7.36. The molecule has 0 unspecified atom stereocenters. The van der Waals surface area contributed by atoms with Crippen LogP contribution in [0.15, 0.2) is 12.1 Å². The molecule has 1 aromatic rings. The molecule has 0 radical (unpaired) electrons. The molecule has 2 N–H and O–H groups in total. The minimum absolute atomic E-state index is 0.155. The maximum absolute atomic E-state index is 12.5. The summed E-state index contributed by atoms with van der Waals surface area (Å²) in [4.78, 5) is 32.5. The van der Waals surface area contributed by atoms with Crippen molar-refractivity contribution in [1.29, 1.82) is 0 Å². The Labute approximate surface area is 152 Å². The lowest BCUT2D eigenvalue weighted by atomic mass is 9.80. The number of aromatic nitrogens is 1. The molecule has 0 saturated heterocycles. The molecule has 0 spiro atoms. The molecular weight excluding hydrogens is 341 g/mol. The highest BCUT2D eigenvalue weighted by Crippen LogP contribution is 2.21. The quantitative estimate of drug-likeness (QED) is 0.610. The summed E-state index contributed by atoms with van der Waals surface area (Å²) in [6, 6.07) is 2.37. The number of pyridine rings is 1. The summed E-state index contributed by atoms with van der Waals surface area (Å²) < 4.78 is 10.4. The maximum atomic E-state index is 12.5. The van der Waals surface area contributed by atoms with Crippen molar-refractivity contribution in [3.63, 3.8) is 0 Å². The fourth-order valence-corrected chi connectivity index (χ4v) is 1.74. The van der Waals surface area contributed by atoms with E-state index in [9.17, 15) is 19.6 Å². The van der Waals surface area contributed by atoms with Crippen LogP contribution in [0.2, 0.25) is 0 Å². The lowest BCUT2D eigenvalue weighted by Crippen LogP contribution is -2.44. The Morgan fingerprint density at radius 3 is 1.88 bits per heavy atom. The van der Waals surface area contributed by atoms with Crippen LogP contribution in [-0.4, -0.2) is 45.5 Å². The molecule has 10 heteroatoms. The predicted molar refractivity (Wildman–Crippen MR) is 95.3 cm³/mol. The number of hydrogen-bond donors (Lipinski definition) is 2. The van der Waals surface area contributed by atoms with Gasteiger partial charge in [-0.15, -0.1) is 9.88 Å². The van der Waals surface area contributed by atoms with E-state index in [1.807, 2.05) is 0 Å². The second kappa shape index (κ2) is 7.72. The molecule has 1 rings (SSSR count). The van der Waals surface area contributed by atoms with E-state index in [2.05, 4.69) is 9.83 Å². The molecule has 0 bridgehead atoms. The molecule has 26 heavy (non-hydrogen) atoms. The van der Waals surface area contributed by atoms with Gasteiger partial charge in [-0.1, -0.05) is 12.6 Å². The normalized spacial score (nSPS) is 11.3. The van der Waals surface area contributed by atoms with E-state index in [4.69, 9.17) is 16.0 Å². The number of ether oxygens (including phenoxy) is 2. The zero-order valence-electron chi connectivity index (χ0n) is 15.6. The number of imide groups is 1. The van der Waals surface area contributed by atoms with Gasteiger partial charge in [0, 0.05) is 11.5 Å². The zero-order valence-corrected chi connectivity index (χ0v) is 15.6. The molecule has 1 heterocycles. The first kappa shape index (κ1) is 21.4. The largest absolute Gasteiger partial charge is 0.478 e.